The first-order chi connectivity index (χ1) is 12.3. The van der Waals surface area contributed by atoms with Gasteiger partial charge in [-0.3, -0.25) is 4.90 Å². The average molecular weight is 338 g/mol. The molecule has 1 heterocycles. The number of rotatable bonds is 5. The fourth-order valence-corrected chi connectivity index (χ4v) is 4.10. The van der Waals surface area contributed by atoms with Crippen molar-refractivity contribution in [1.82, 2.24) is 4.90 Å². The molecule has 25 heavy (non-hydrogen) atoms. The fourth-order valence-electron chi connectivity index (χ4n) is 4.10. The molecule has 0 amide bonds. The van der Waals surface area contributed by atoms with Crippen molar-refractivity contribution in [3.8, 4) is 5.75 Å². The van der Waals surface area contributed by atoms with Crippen molar-refractivity contribution < 1.29 is 9.91 Å². The minimum atomic E-state index is 0.0128. The minimum Gasteiger partial charge on any atom is -0.484 e. The Hall–Kier alpha value is -2.24. The summed E-state index contributed by atoms with van der Waals surface area (Å²) < 4.78 is 6.39. The van der Waals surface area contributed by atoms with Gasteiger partial charge in [-0.15, -0.1) is 0 Å². The monoisotopic (exact) mass is 338 g/mol. The van der Waals surface area contributed by atoms with Crippen LogP contribution in [0.4, 0.5) is 5.69 Å². The molecule has 1 aliphatic carbocycles. The second kappa shape index (κ2) is 6.94. The molecular formula is C20H24N3O2+. The molecule has 130 valence electrons. The largest absolute Gasteiger partial charge is 0.484 e. The Morgan fingerprint density at radius 2 is 1.96 bits per heavy atom. The van der Waals surface area contributed by atoms with Crippen molar-refractivity contribution in [3.63, 3.8) is 0 Å². The van der Waals surface area contributed by atoms with Crippen LogP contribution in [0.2, 0.25) is 0 Å². The Balaban J connectivity index is 1.59. The molecule has 0 saturated carbocycles. The SMILES string of the molecule is NC[C@@H]1CCN([C@@H]2Cc3ccccc3[C@H]2Oc2ccc([NH+]=O)cc2)C1. The van der Waals surface area contributed by atoms with E-state index in [-0.39, 0.29) is 6.10 Å². The molecule has 4 rings (SSSR count). The number of nitroso groups, excluding NO2 is 1. The van der Waals surface area contributed by atoms with Gasteiger partial charge in [0.25, 0.3) is 5.69 Å². The molecule has 5 heteroatoms. The predicted molar refractivity (Wildman–Crippen MR) is 96.5 cm³/mol. The zero-order valence-electron chi connectivity index (χ0n) is 14.2. The Kier molecular flexibility index (Phi) is 4.51. The van der Waals surface area contributed by atoms with Crippen LogP contribution in [0.15, 0.2) is 48.5 Å². The summed E-state index contributed by atoms with van der Waals surface area (Å²) in [6.07, 6.45) is 2.19. The van der Waals surface area contributed by atoms with Gasteiger partial charge in [0.2, 0.25) is 0 Å². The molecule has 3 N–H and O–H groups in total. The van der Waals surface area contributed by atoms with E-state index < -0.39 is 0 Å². The molecule has 1 fully saturated rings. The van der Waals surface area contributed by atoms with Gasteiger partial charge in [0.1, 0.15) is 11.9 Å². The molecule has 2 aromatic rings. The smallest absolute Gasteiger partial charge is 0.253 e. The van der Waals surface area contributed by atoms with Crippen LogP contribution in [0.3, 0.4) is 0 Å². The lowest BCUT2D eigenvalue weighted by atomic mass is 10.1. The minimum absolute atomic E-state index is 0.0128. The molecule has 0 bridgehead atoms. The van der Waals surface area contributed by atoms with Crippen molar-refractivity contribution in [2.24, 2.45) is 11.7 Å². The molecule has 3 atom stereocenters. The summed E-state index contributed by atoms with van der Waals surface area (Å²) in [6, 6.07) is 16.1. The summed E-state index contributed by atoms with van der Waals surface area (Å²) in [6.45, 7) is 2.89. The lowest BCUT2D eigenvalue weighted by Gasteiger charge is -2.30. The zero-order chi connectivity index (χ0) is 17.2. The maximum Gasteiger partial charge on any atom is 0.253 e. The number of nitrogens with zero attached hydrogens (tertiary/aromatic N) is 1. The number of nitrogens with two attached hydrogens (primary N) is 1. The van der Waals surface area contributed by atoms with E-state index in [1.54, 1.807) is 12.1 Å². The molecule has 1 saturated heterocycles. The lowest BCUT2D eigenvalue weighted by molar-refractivity contribution is -0.379. The molecule has 0 radical (unpaired) electrons. The van der Waals surface area contributed by atoms with Crippen molar-refractivity contribution in [2.75, 3.05) is 19.6 Å². The first-order valence-corrected chi connectivity index (χ1v) is 8.95. The number of benzene rings is 2. The standard InChI is InChI=1S/C20H23N3O2/c21-12-14-9-10-23(13-14)19-11-15-3-1-2-4-18(15)20(19)25-17-7-5-16(22-24)6-8-17/h1-8,14,19-20H,9-13,21H2/p+1/t14-,19+,20+/m0/s1. The highest BCUT2D eigenvalue weighted by Gasteiger charge is 2.40. The number of fused-ring (bicyclic) bond motifs is 1. The number of hydrogen-bond acceptors (Lipinski definition) is 4. The summed E-state index contributed by atoms with van der Waals surface area (Å²) in [5, 5.41) is 1.90. The van der Waals surface area contributed by atoms with Gasteiger partial charge < -0.3 is 10.5 Å². The molecule has 0 unspecified atom stereocenters. The second-order valence-electron chi connectivity index (χ2n) is 7.02. The van der Waals surface area contributed by atoms with Crippen molar-refractivity contribution in [2.45, 2.75) is 25.0 Å². The average Bonchev–Trinajstić information content (AvgIpc) is 3.27. The van der Waals surface area contributed by atoms with Crippen LogP contribution < -0.4 is 15.6 Å². The van der Waals surface area contributed by atoms with Crippen molar-refractivity contribution in [1.29, 1.82) is 0 Å². The molecule has 0 spiro atoms. The van der Waals surface area contributed by atoms with E-state index in [1.165, 1.54) is 17.5 Å². The van der Waals surface area contributed by atoms with Gasteiger partial charge in [-0.05, 0) is 55.1 Å². The van der Waals surface area contributed by atoms with Crippen LogP contribution in [0, 0.1) is 10.8 Å². The van der Waals surface area contributed by atoms with Crippen LogP contribution in [-0.4, -0.2) is 30.6 Å². The van der Waals surface area contributed by atoms with Gasteiger partial charge in [-0.1, -0.05) is 24.3 Å². The van der Waals surface area contributed by atoms with Gasteiger partial charge in [0.05, 0.1) is 6.04 Å². The van der Waals surface area contributed by atoms with Gasteiger partial charge >= 0.3 is 0 Å². The number of likely N-dealkylation sites (tertiary alicyclic amines) is 1. The normalized spacial score (nSPS) is 25.7. The summed E-state index contributed by atoms with van der Waals surface area (Å²) in [5.74, 6) is 1.38. The van der Waals surface area contributed by atoms with Crippen LogP contribution in [0.1, 0.15) is 23.7 Å². The number of ether oxygens (including phenoxy) is 1. The van der Waals surface area contributed by atoms with E-state index >= 15 is 0 Å². The third-order valence-corrected chi connectivity index (χ3v) is 5.49. The number of hydrogen-bond donors (Lipinski definition) is 2. The first-order valence-electron chi connectivity index (χ1n) is 8.95. The Labute approximate surface area is 147 Å². The van der Waals surface area contributed by atoms with E-state index in [2.05, 4.69) is 29.2 Å². The quantitative estimate of drug-likeness (QED) is 0.867. The van der Waals surface area contributed by atoms with E-state index in [0.717, 1.165) is 31.8 Å². The maximum absolute atomic E-state index is 10.7. The summed E-state index contributed by atoms with van der Waals surface area (Å²) in [5.41, 5.74) is 9.06. The lowest BCUT2D eigenvalue weighted by Crippen LogP contribution is -2.55. The van der Waals surface area contributed by atoms with E-state index in [1.807, 2.05) is 17.3 Å². The first kappa shape index (κ1) is 16.2. The maximum atomic E-state index is 10.7. The highest BCUT2D eigenvalue weighted by molar-refractivity contribution is 5.39. The third-order valence-electron chi connectivity index (χ3n) is 5.49. The van der Waals surface area contributed by atoms with Crippen molar-refractivity contribution >= 4 is 5.69 Å². The van der Waals surface area contributed by atoms with Gasteiger partial charge in [-0.25, -0.2) is 0 Å². The predicted octanol–water partition coefficient (Wildman–Crippen LogP) is 1.49. The Morgan fingerprint density at radius 1 is 1.16 bits per heavy atom. The zero-order valence-corrected chi connectivity index (χ0v) is 14.2. The van der Waals surface area contributed by atoms with Crippen LogP contribution in [0.5, 0.6) is 5.75 Å². The Bertz CT molecular complexity index is 747. The van der Waals surface area contributed by atoms with Gasteiger partial charge in [0, 0.05) is 28.8 Å². The van der Waals surface area contributed by atoms with E-state index in [0.29, 0.717) is 17.6 Å². The van der Waals surface area contributed by atoms with Gasteiger partial charge in [0.15, 0.2) is 0 Å². The van der Waals surface area contributed by atoms with Crippen LogP contribution in [-0.2, 0) is 6.42 Å². The molecule has 1 aliphatic heterocycles. The van der Waals surface area contributed by atoms with Crippen LogP contribution >= 0.6 is 0 Å². The molecule has 2 aromatic carbocycles. The van der Waals surface area contributed by atoms with Gasteiger partial charge in [-0.2, -0.15) is 0 Å². The molecule has 0 aromatic heterocycles. The molecule has 5 nitrogen and oxygen atoms in total. The topological polar surface area (TPSA) is 69.5 Å². The highest BCUT2D eigenvalue weighted by atomic mass is 16.5. The van der Waals surface area contributed by atoms with Crippen molar-refractivity contribution in [3.05, 3.63) is 64.6 Å². The summed E-state index contributed by atoms with van der Waals surface area (Å²) in [7, 11) is 0. The molecular weight excluding hydrogens is 314 g/mol. The van der Waals surface area contributed by atoms with E-state index in [4.69, 9.17) is 10.5 Å². The molecule has 2 aliphatic rings. The highest BCUT2D eigenvalue weighted by Crippen LogP contribution is 2.39. The second-order valence-corrected chi connectivity index (χ2v) is 7.02. The fraction of sp³-hybridized carbons (Fsp3) is 0.400. The van der Waals surface area contributed by atoms with E-state index in [9.17, 15) is 4.91 Å². The third kappa shape index (κ3) is 3.17. The Morgan fingerprint density at radius 3 is 2.68 bits per heavy atom. The number of nitrogens with one attached hydrogen (secondary N) is 1. The van der Waals surface area contributed by atoms with Crippen LogP contribution in [0.25, 0.3) is 0 Å². The summed E-state index contributed by atoms with van der Waals surface area (Å²) in [4.78, 5) is 13.3. The summed E-state index contributed by atoms with van der Waals surface area (Å²) >= 11 is 0.